The van der Waals surface area contributed by atoms with Crippen molar-refractivity contribution in [2.24, 2.45) is 0 Å². The highest BCUT2D eigenvalue weighted by molar-refractivity contribution is 5.68. The molecule has 0 radical (unpaired) electrons. The van der Waals surface area contributed by atoms with E-state index in [9.17, 15) is 38.4 Å². The number of carbonyl (C=O) groups excluding carboxylic acids is 1. The zero-order valence-electron chi connectivity index (χ0n) is 54.1. The molecule has 0 aliphatic carbocycles. The Hall–Kier alpha value is -8.70. The second kappa shape index (κ2) is 37.6. The third kappa shape index (κ3) is 21.4. The van der Waals surface area contributed by atoms with Gasteiger partial charge in [0.25, 0.3) is 0 Å². The molecule has 96 heavy (non-hydrogen) atoms. The van der Waals surface area contributed by atoms with Gasteiger partial charge in [-0.3, -0.25) is 0 Å². The Morgan fingerprint density at radius 2 is 0.604 bits per heavy atom. The number of hydrogen-bond acceptors (Lipinski definition) is 18. The lowest BCUT2D eigenvalue weighted by atomic mass is 9.94. The second-order valence-electron chi connectivity index (χ2n) is 24.9. The Bertz CT molecular complexity index is 3370. The quantitative estimate of drug-likeness (QED) is 0.0705. The molecule has 4 saturated heterocycles. The van der Waals surface area contributed by atoms with Gasteiger partial charge in [0, 0.05) is 139 Å². The van der Waals surface area contributed by atoms with Crippen LogP contribution in [-0.2, 0) is 4.74 Å². The fraction of sp³-hybridized carbons (Fsp3) is 0.446. The predicted octanol–water partition coefficient (Wildman–Crippen LogP) is 12.1. The molecule has 4 N–H and O–H groups in total. The zero-order valence-corrected chi connectivity index (χ0v) is 54.1. The van der Waals surface area contributed by atoms with Gasteiger partial charge in [-0.05, 0) is 159 Å². The van der Waals surface area contributed by atoms with Crippen molar-refractivity contribution in [1.82, 2.24) is 44.8 Å². The summed E-state index contributed by atoms with van der Waals surface area (Å²) in [5.74, 6) is 1.19. The van der Waals surface area contributed by atoms with Gasteiger partial charge < -0.3 is 49.7 Å². The number of aromatic nitrogens is 8. The topological polar surface area (TPSA) is 227 Å². The molecule has 0 saturated carbocycles. The fourth-order valence-electron chi connectivity index (χ4n) is 11.8. The van der Waals surface area contributed by atoms with Crippen molar-refractivity contribution < 1.29 is 43.1 Å². The van der Waals surface area contributed by atoms with Crippen molar-refractivity contribution in [2.45, 2.75) is 123 Å². The number of ether oxygens (including phenoxy) is 1. The van der Waals surface area contributed by atoms with Gasteiger partial charge in [-0.1, -0.05) is 81.6 Å². The summed E-state index contributed by atoms with van der Waals surface area (Å²) in [5, 5.41) is 38.8. The van der Waals surface area contributed by atoms with Crippen molar-refractivity contribution in [1.29, 1.82) is 0 Å². The van der Waals surface area contributed by atoms with Crippen LogP contribution in [0.4, 0.5) is 41.8 Å². The number of piperidine rings is 3. The van der Waals surface area contributed by atoms with Crippen LogP contribution in [-0.4, -0.2) is 169 Å². The van der Waals surface area contributed by atoms with E-state index in [2.05, 4.69) is 54.6 Å². The Kier molecular flexibility index (Phi) is 29.2. The van der Waals surface area contributed by atoms with Crippen LogP contribution < -0.4 is 19.6 Å². The molecule has 0 bridgehead atoms. The molecule has 4 fully saturated rings. The smallest absolute Gasteiger partial charge is 0.410 e. The minimum absolute atomic E-state index is 0. The maximum atomic E-state index is 13.1. The van der Waals surface area contributed by atoms with E-state index in [4.69, 9.17) is 4.74 Å². The number of carbonyl (C=O) groups is 1. The lowest BCUT2D eigenvalue weighted by Crippen LogP contribution is -2.50. The molecule has 22 heteroatoms. The first kappa shape index (κ1) is 74.7. The summed E-state index contributed by atoms with van der Waals surface area (Å²) in [6, 6.07) is 28.4. The van der Waals surface area contributed by atoms with E-state index < -0.39 is 5.60 Å². The minimum Gasteiger partial charge on any atom is -0.444 e. The summed E-state index contributed by atoms with van der Waals surface area (Å²) in [6.07, 6.45) is 24.8. The summed E-state index contributed by atoms with van der Waals surface area (Å²) in [7, 11) is 0. The van der Waals surface area contributed by atoms with Crippen LogP contribution in [0.25, 0.3) is 0 Å². The van der Waals surface area contributed by atoms with Crippen LogP contribution in [0.5, 0.6) is 0 Å². The average molecular weight is 1320 g/mol. The Morgan fingerprint density at radius 3 is 0.844 bits per heavy atom. The van der Waals surface area contributed by atoms with Crippen LogP contribution in [0.3, 0.4) is 0 Å². The van der Waals surface area contributed by atoms with Crippen molar-refractivity contribution in [3.05, 3.63) is 215 Å². The molecule has 4 aliphatic heterocycles. The van der Waals surface area contributed by atoms with Gasteiger partial charge in [0.05, 0.1) is 26.4 Å². The summed E-state index contributed by atoms with van der Waals surface area (Å²) >= 11 is 0. The number of benzene rings is 4. The first-order valence-electron chi connectivity index (χ1n) is 32.7. The number of amides is 1. The first-order valence-corrected chi connectivity index (χ1v) is 32.7. The minimum atomic E-state index is -0.513. The predicted molar refractivity (Wildman–Crippen MR) is 371 cm³/mol. The van der Waals surface area contributed by atoms with Crippen LogP contribution in [0.2, 0.25) is 0 Å². The number of aliphatic hydroxyl groups excluding tert-OH is 4. The molecule has 4 atom stereocenters. The highest BCUT2D eigenvalue weighted by Crippen LogP contribution is 2.30. The monoisotopic (exact) mass is 1320 g/mol. The van der Waals surface area contributed by atoms with Gasteiger partial charge in [-0.25, -0.2) is 57.8 Å². The molecule has 2 unspecified atom stereocenters. The number of anilines is 4. The molecule has 4 aliphatic rings. The molecule has 8 aromatic rings. The summed E-state index contributed by atoms with van der Waals surface area (Å²) in [6.45, 7) is 13.8. The van der Waals surface area contributed by atoms with E-state index >= 15 is 0 Å². The van der Waals surface area contributed by atoms with Gasteiger partial charge in [0.15, 0.2) is 0 Å². The van der Waals surface area contributed by atoms with Crippen LogP contribution >= 0.6 is 0 Å². The number of nitrogens with zero attached hydrogens (tertiary/aromatic N) is 13. The number of aliphatic hydroxyl groups is 4. The highest BCUT2D eigenvalue weighted by atomic mass is 19.1. The molecule has 4 aromatic heterocycles. The molecule has 8 heterocycles. The van der Waals surface area contributed by atoms with Crippen LogP contribution in [0.15, 0.2) is 153 Å². The van der Waals surface area contributed by atoms with Gasteiger partial charge in [-0.2, -0.15) is 0 Å². The molecule has 19 nitrogen and oxygen atoms in total. The average Bonchev–Trinajstić information content (AvgIpc) is 1.96. The number of piperazine rings is 1. The highest BCUT2D eigenvalue weighted by Gasteiger charge is 2.28. The zero-order chi connectivity index (χ0) is 66.2. The Balaban J connectivity index is 0.000000181. The van der Waals surface area contributed by atoms with Gasteiger partial charge >= 0.3 is 6.09 Å². The maximum Gasteiger partial charge on any atom is 0.410 e. The van der Waals surface area contributed by atoms with Crippen molar-refractivity contribution in [3.8, 4) is 0 Å². The molecular weight excluding hydrogens is 1220 g/mol. The largest absolute Gasteiger partial charge is 0.444 e. The lowest BCUT2D eigenvalue weighted by Gasteiger charge is -2.35. The van der Waals surface area contributed by atoms with Crippen molar-refractivity contribution in [2.75, 3.05) is 111 Å². The first-order chi connectivity index (χ1) is 45.7. The molecule has 0 spiro atoms. The molecule has 1 amide bonds. The van der Waals surface area contributed by atoms with Gasteiger partial charge in [-0.15, -0.1) is 0 Å². The van der Waals surface area contributed by atoms with E-state index in [-0.39, 0.29) is 88.5 Å². The molecule has 514 valence electrons. The lowest BCUT2D eigenvalue weighted by molar-refractivity contribution is 0.0240. The maximum absolute atomic E-state index is 13.1. The Labute approximate surface area is 564 Å². The van der Waals surface area contributed by atoms with Gasteiger partial charge in [0.2, 0.25) is 23.8 Å². The van der Waals surface area contributed by atoms with E-state index in [1.807, 2.05) is 68.4 Å². The van der Waals surface area contributed by atoms with Crippen molar-refractivity contribution >= 4 is 29.9 Å². The summed E-state index contributed by atoms with van der Waals surface area (Å²) in [5.41, 5.74) is 6.51. The number of halogens is 3. The summed E-state index contributed by atoms with van der Waals surface area (Å²) < 4.78 is 44.6. The SMILES string of the molecule is C.C.CC(C)(C)OC(=O)N1CCN(c2ncc(C(CO)c3ccc(F)cc3)cn2)CC1.OCC(c1ccc(F)cc1)c1cnc(N2CCCCC2)nc1.OC[C@@H](c1ccc(F)cc1)c1cnc(N2CCCCC2)nc1.OC[C@H](c1ccccc1)c1cnc(N2CCCCC2)nc1. The van der Waals surface area contributed by atoms with E-state index in [0.717, 1.165) is 102 Å². The number of hydrogen-bond donors (Lipinski definition) is 4. The van der Waals surface area contributed by atoms with Gasteiger partial charge in [0.1, 0.15) is 23.1 Å². The second-order valence-corrected chi connectivity index (χ2v) is 24.9. The third-order valence-electron chi connectivity index (χ3n) is 17.1. The van der Waals surface area contributed by atoms with Crippen LogP contribution in [0, 0.1) is 17.5 Å². The van der Waals surface area contributed by atoms with Crippen LogP contribution in [0.1, 0.15) is 162 Å². The third-order valence-corrected chi connectivity index (χ3v) is 17.1. The van der Waals surface area contributed by atoms with E-state index in [1.54, 1.807) is 78.5 Å². The van der Waals surface area contributed by atoms with Crippen molar-refractivity contribution in [3.63, 3.8) is 0 Å². The molecular formula is C74H96F3N13O6. The normalized spacial score (nSPS) is 16.0. The van der Waals surface area contributed by atoms with E-state index in [0.29, 0.717) is 32.1 Å². The Morgan fingerprint density at radius 1 is 0.365 bits per heavy atom. The number of rotatable bonds is 16. The molecule has 4 aromatic carbocycles. The fourth-order valence-corrected chi connectivity index (χ4v) is 11.8. The standard InChI is InChI=1S/C21H27FN4O3.2C17H20FN3O.C17H21N3O.2CH4/c1-21(2,3)29-20(28)26-10-8-25(9-11-26)19-23-12-16(13-24-19)18(14-27)15-4-6-17(22)7-5-15;2*18-15-6-4-13(5-7-15)16(12-22)14-10-19-17(20-11-14)21-8-2-1-3-9-21;21-13-16(14-7-3-1-4-8-14)15-11-18-17(19-12-15)20-9-5-2-6-10-20;;/h4-7,12-13,18,27H,8-11,14H2,1-3H3;2*4-7,10-11,16,22H,1-3,8-9,12H2;1,3-4,7-8,11-12,16,21H,2,5-6,9-10,13H2;2*1H4/t;16-;;16-;;/m.0.1../s1. The van der Waals surface area contributed by atoms with E-state index in [1.165, 1.54) is 94.2 Å². The molecule has 12 rings (SSSR count). The summed E-state index contributed by atoms with van der Waals surface area (Å²) in [4.78, 5) is 58.1.